The number of nitrogens with zero attached hydrogens (tertiary/aromatic N) is 4. The number of benzene rings is 1. The largest absolute Gasteiger partial charge is 0.393 e. The predicted octanol–water partition coefficient (Wildman–Crippen LogP) is 2.85. The first kappa shape index (κ1) is 22.5. The lowest BCUT2D eigenvalue weighted by Gasteiger charge is -2.33. The summed E-state index contributed by atoms with van der Waals surface area (Å²) >= 11 is 0. The minimum atomic E-state index is -4.19. The lowest BCUT2D eigenvalue weighted by Crippen LogP contribution is -2.41. The highest BCUT2D eigenvalue weighted by molar-refractivity contribution is 7.89. The van der Waals surface area contributed by atoms with Crippen molar-refractivity contribution < 1.29 is 26.3 Å². The molecule has 0 amide bonds. The molecule has 4 rings (SSSR count). The zero-order valence-electron chi connectivity index (χ0n) is 17.4. The number of likely N-dealkylation sites (tertiary alicyclic amines) is 1. The number of alkyl halides is 3. The normalized spacial score (nSPS) is 22.3. The van der Waals surface area contributed by atoms with Gasteiger partial charge in [0.05, 0.1) is 41.6 Å². The molecular formula is C20H27F3N4O3S. The third kappa shape index (κ3) is 4.59. The van der Waals surface area contributed by atoms with E-state index in [2.05, 4.69) is 4.98 Å². The molecule has 0 N–H and O–H groups in total. The Morgan fingerprint density at radius 3 is 2.61 bits per heavy atom. The molecule has 7 nitrogen and oxygen atoms in total. The van der Waals surface area contributed by atoms with Crippen LogP contribution < -0.4 is 0 Å². The van der Waals surface area contributed by atoms with E-state index in [0.29, 0.717) is 63.7 Å². The van der Waals surface area contributed by atoms with Crippen molar-refractivity contribution in [2.75, 3.05) is 39.4 Å². The molecule has 2 aliphatic heterocycles. The van der Waals surface area contributed by atoms with Gasteiger partial charge < -0.3 is 9.30 Å². The van der Waals surface area contributed by atoms with Crippen LogP contribution in [0.4, 0.5) is 13.2 Å². The van der Waals surface area contributed by atoms with Gasteiger partial charge in [0, 0.05) is 26.2 Å². The molecule has 0 aliphatic carbocycles. The molecule has 0 bridgehead atoms. The molecule has 3 heterocycles. The van der Waals surface area contributed by atoms with Crippen molar-refractivity contribution in [2.45, 2.75) is 43.9 Å². The van der Waals surface area contributed by atoms with Gasteiger partial charge in [0.2, 0.25) is 10.0 Å². The zero-order chi connectivity index (χ0) is 22.2. The molecule has 1 atom stereocenters. The van der Waals surface area contributed by atoms with E-state index < -0.39 is 22.1 Å². The Hall–Kier alpha value is -1.69. The van der Waals surface area contributed by atoms with E-state index in [0.717, 1.165) is 5.52 Å². The van der Waals surface area contributed by atoms with Gasteiger partial charge in [-0.1, -0.05) is 0 Å². The fourth-order valence-corrected chi connectivity index (χ4v) is 5.82. The Labute approximate surface area is 179 Å². The molecule has 1 aromatic heterocycles. The van der Waals surface area contributed by atoms with Crippen LogP contribution in [0.3, 0.4) is 0 Å². The summed E-state index contributed by atoms with van der Waals surface area (Å²) in [6.07, 6.45) is -3.53. The fraction of sp³-hybridized carbons (Fsp3) is 0.650. The van der Waals surface area contributed by atoms with E-state index in [1.54, 1.807) is 23.1 Å². The molecule has 31 heavy (non-hydrogen) atoms. The van der Waals surface area contributed by atoms with Gasteiger partial charge in [0.25, 0.3) is 0 Å². The zero-order valence-corrected chi connectivity index (χ0v) is 18.3. The summed E-state index contributed by atoms with van der Waals surface area (Å²) in [5, 5.41) is 0. The highest BCUT2D eigenvalue weighted by atomic mass is 32.2. The number of hydrogen-bond acceptors (Lipinski definition) is 5. The third-order valence-electron chi connectivity index (χ3n) is 6.06. The molecular weight excluding hydrogens is 433 g/mol. The van der Waals surface area contributed by atoms with Crippen molar-refractivity contribution in [3.63, 3.8) is 0 Å². The average Bonchev–Trinajstić information content (AvgIpc) is 3.10. The van der Waals surface area contributed by atoms with Crippen molar-refractivity contribution in [1.29, 1.82) is 0 Å². The van der Waals surface area contributed by atoms with Crippen molar-refractivity contribution in [3.8, 4) is 0 Å². The summed E-state index contributed by atoms with van der Waals surface area (Å²) in [6.45, 7) is 4.75. The Morgan fingerprint density at radius 2 is 1.94 bits per heavy atom. The number of ether oxygens (including phenoxy) is 1. The lowest BCUT2D eigenvalue weighted by molar-refractivity contribution is -0.187. The van der Waals surface area contributed by atoms with Crippen molar-refractivity contribution >= 4 is 21.1 Å². The molecule has 0 spiro atoms. The van der Waals surface area contributed by atoms with E-state index in [4.69, 9.17) is 4.74 Å². The maximum atomic E-state index is 13.2. The number of aromatic nitrogens is 2. The summed E-state index contributed by atoms with van der Waals surface area (Å²) in [4.78, 5) is 6.58. The van der Waals surface area contributed by atoms with Gasteiger partial charge in [-0.2, -0.15) is 17.5 Å². The van der Waals surface area contributed by atoms with Crippen LogP contribution in [0.1, 0.15) is 25.6 Å². The number of sulfonamides is 1. The summed E-state index contributed by atoms with van der Waals surface area (Å²) in [5.41, 5.74) is 1.32. The van der Waals surface area contributed by atoms with Gasteiger partial charge >= 0.3 is 6.18 Å². The molecule has 2 saturated heterocycles. The average molecular weight is 461 g/mol. The SMILES string of the molecule is CCn1c(CN2CCCC(C(F)(F)F)C2)nc2cc(S(=O)(=O)N3CCOCC3)ccc21. The standard InChI is InChI=1S/C20H27F3N4O3S/c1-2-27-18-6-5-16(31(28,29)26-8-10-30-11-9-26)12-17(18)24-19(27)14-25-7-3-4-15(13-25)20(21,22)23/h5-6,12,15H,2-4,7-11,13-14H2,1H3. The van der Waals surface area contributed by atoms with Crippen LogP contribution in [0, 0.1) is 5.92 Å². The molecule has 0 radical (unpaired) electrons. The summed E-state index contributed by atoms with van der Waals surface area (Å²) in [5.74, 6) is -0.660. The minimum Gasteiger partial charge on any atom is -0.379 e. The van der Waals surface area contributed by atoms with Crippen molar-refractivity contribution in [2.24, 2.45) is 5.92 Å². The highest BCUT2D eigenvalue weighted by Crippen LogP contribution is 2.34. The number of imidazole rings is 1. The number of aryl methyl sites for hydroxylation is 1. The van der Waals surface area contributed by atoms with E-state index in [1.165, 1.54) is 4.31 Å². The second kappa shape index (κ2) is 8.68. The Kier molecular flexibility index (Phi) is 6.30. The molecule has 2 aliphatic rings. The number of morpholine rings is 1. The minimum absolute atomic E-state index is 0.0346. The van der Waals surface area contributed by atoms with Crippen LogP contribution in [0.5, 0.6) is 0 Å². The van der Waals surface area contributed by atoms with Crippen LogP contribution in [0.2, 0.25) is 0 Å². The second-order valence-electron chi connectivity index (χ2n) is 8.06. The summed E-state index contributed by atoms with van der Waals surface area (Å²) in [7, 11) is -3.65. The number of rotatable bonds is 5. The van der Waals surface area contributed by atoms with Crippen LogP contribution in [-0.2, 0) is 27.8 Å². The smallest absolute Gasteiger partial charge is 0.379 e. The van der Waals surface area contributed by atoms with Crippen LogP contribution in [0.25, 0.3) is 11.0 Å². The molecule has 172 valence electrons. The van der Waals surface area contributed by atoms with E-state index in [-0.39, 0.29) is 17.9 Å². The van der Waals surface area contributed by atoms with Gasteiger partial charge in [-0.05, 0) is 44.5 Å². The maximum Gasteiger partial charge on any atom is 0.393 e. The fourth-order valence-electron chi connectivity index (χ4n) is 4.40. The number of piperidine rings is 1. The number of hydrogen-bond donors (Lipinski definition) is 0. The number of halogens is 3. The van der Waals surface area contributed by atoms with Gasteiger partial charge in [-0.15, -0.1) is 0 Å². The molecule has 1 unspecified atom stereocenters. The predicted molar refractivity (Wildman–Crippen MR) is 109 cm³/mol. The van der Waals surface area contributed by atoms with Crippen LogP contribution in [0.15, 0.2) is 23.1 Å². The first-order valence-electron chi connectivity index (χ1n) is 10.6. The van der Waals surface area contributed by atoms with Gasteiger partial charge in [0.15, 0.2) is 0 Å². The van der Waals surface area contributed by atoms with Crippen molar-refractivity contribution in [1.82, 2.24) is 18.8 Å². The van der Waals surface area contributed by atoms with Gasteiger partial charge in [-0.25, -0.2) is 13.4 Å². The van der Waals surface area contributed by atoms with Crippen LogP contribution in [-0.4, -0.2) is 72.7 Å². The lowest BCUT2D eigenvalue weighted by atomic mass is 9.97. The van der Waals surface area contributed by atoms with E-state index in [1.807, 2.05) is 11.5 Å². The highest BCUT2D eigenvalue weighted by Gasteiger charge is 2.41. The first-order chi connectivity index (χ1) is 14.7. The molecule has 2 fully saturated rings. The molecule has 11 heteroatoms. The van der Waals surface area contributed by atoms with E-state index in [9.17, 15) is 21.6 Å². The first-order valence-corrected chi connectivity index (χ1v) is 12.0. The summed E-state index contributed by atoms with van der Waals surface area (Å²) < 4.78 is 74.0. The summed E-state index contributed by atoms with van der Waals surface area (Å²) in [6, 6.07) is 4.87. The Balaban J connectivity index is 1.60. The monoisotopic (exact) mass is 460 g/mol. The Bertz CT molecular complexity index is 1030. The quantitative estimate of drug-likeness (QED) is 0.687. The third-order valence-corrected chi connectivity index (χ3v) is 7.95. The number of fused-ring (bicyclic) bond motifs is 1. The van der Waals surface area contributed by atoms with Crippen molar-refractivity contribution in [3.05, 3.63) is 24.0 Å². The second-order valence-corrected chi connectivity index (χ2v) is 9.99. The van der Waals surface area contributed by atoms with Gasteiger partial charge in [-0.3, -0.25) is 4.90 Å². The maximum absolute atomic E-state index is 13.2. The molecule has 1 aromatic carbocycles. The van der Waals surface area contributed by atoms with Crippen LogP contribution >= 0.6 is 0 Å². The molecule has 2 aromatic rings. The Morgan fingerprint density at radius 1 is 1.19 bits per heavy atom. The topological polar surface area (TPSA) is 67.7 Å². The molecule has 0 saturated carbocycles. The van der Waals surface area contributed by atoms with Gasteiger partial charge in [0.1, 0.15) is 5.82 Å². The van der Waals surface area contributed by atoms with E-state index >= 15 is 0 Å².